The lowest BCUT2D eigenvalue weighted by atomic mass is 10.2. The van der Waals surface area contributed by atoms with Gasteiger partial charge >= 0.3 is 11.7 Å². The van der Waals surface area contributed by atoms with E-state index in [0.717, 1.165) is 4.68 Å². The fourth-order valence-electron chi connectivity index (χ4n) is 1.92. The monoisotopic (exact) mass is 337 g/mol. The lowest BCUT2D eigenvalue weighted by molar-refractivity contribution is -0.639. The molecule has 122 valence electrons. The summed E-state index contributed by atoms with van der Waals surface area (Å²) in [5, 5.41) is 0. The minimum absolute atomic E-state index is 0.0323. The van der Waals surface area contributed by atoms with Crippen molar-refractivity contribution in [2.24, 2.45) is 0 Å². The minimum Gasteiger partial charge on any atom is -0.491 e. The van der Waals surface area contributed by atoms with Gasteiger partial charge in [-0.3, -0.25) is 0 Å². The molecule has 0 bridgehead atoms. The molecule has 0 saturated heterocycles. The molecule has 0 amide bonds. The van der Waals surface area contributed by atoms with Gasteiger partial charge in [0.2, 0.25) is 6.20 Å². The second-order valence-electron chi connectivity index (χ2n) is 4.65. The standard InChI is InChI=1S/C15H16N2O5S/c1-21-13-8-9-14(15(18)22-2)17(10-13)16-23(19,20)11-12-6-4-3-5-7-12/h3-10H,11H2,1-2H3/p+1. The van der Waals surface area contributed by atoms with E-state index in [0.29, 0.717) is 11.3 Å². The average Bonchev–Trinajstić information content (AvgIpc) is 2.54. The number of sulfonamides is 1. The highest BCUT2D eigenvalue weighted by Crippen LogP contribution is 2.08. The third-order valence-corrected chi connectivity index (χ3v) is 4.18. The number of nitrogens with one attached hydrogen (secondary N) is 1. The van der Waals surface area contributed by atoms with Crippen LogP contribution in [0.25, 0.3) is 0 Å². The van der Waals surface area contributed by atoms with Crippen molar-refractivity contribution in [2.45, 2.75) is 5.75 Å². The summed E-state index contributed by atoms with van der Waals surface area (Å²) in [5.74, 6) is -0.506. The molecule has 0 unspecified atom stereocenters. The Bertz CT molecular complexity index is 791. The van der Waals surface area contributed by atoms with Crippen LogP contribution >= 0.6 is 0 Å². The zero-order valence-electron chi connectivity index (χ0n) is 12.7. The molecule has 2 rings (SSSR count). The van der Waals surface area contributed by atoms with Crippen molar-refractivity contribution in [2.75, 3.05) is 19.1 Å². The van der Waals surface area contributed by atoms with Gasteiger partial charge in [-0.15, -0.1) is 0 Å². The second-order valence-corrected chi connectivity index (χ2v) is 6.35. The van der Waals surface area contributed by atoms with Crippen molar-refractivity contribution < 1.29 is 27.4 Å². The molecule has 8 heteroatoms. The third-order valence-electron chi connectivity index (χ3n) is 2.99. The topological polar surface area (TPSA) is 85.6 Å². The van der Waals surface area contributed by atoms with Crippen molar-refractivity contribution in [1.82, 2.24) is 0 Å². The van der Waals surface area contributed by atoms with Crippen LogP contribution in [-0.4, -0.2) is 28.6 Å². The van der Waals surface area contributed by atoms with Crippen LogP contribution in [0.3, 0.4) is 0 Å². The Balaban J connectivity index is 2.31. The fraction of sp³-hybridized carbons (Fsp3) is 0.200. The van der Waals surface area contributed by atoms with E-state index >= 15 is 0 Å². The molecule has 1 heterocycles. The Labute approximate surface area is 134 Å². The molecule has 7 nitrogen and oxygen atoms in total. The number of carbonyl (C=O) groups excluding carboxylic acids is 1. The summed E-state index contributed by atoms with van der Waals surface area (Å²) in [6.45, 7) is 0. The van der Waals surface area contributed by atoms with Gasteiger partial charge in [-0.25, -0.2) is 13.2 Å². The smallest absolute Gasteiger partial charge is 0.406 e. The van der Waals surface area contributed by atoms with Crippen LogP contribution in [0.5, 0.6) is 5.75 Å². The van der Waals surface area contributed by atoms with Crippen LogP contribution in [0.15, 0.2) is 48.7 Å². The summed E-state index contributed by atoms with van der Waals surface area (Å²) >= 11 is 0. The van der Waals surface area contributed by atoms with Crippen LogP contribution in [0.1, 0.15) is 16.1 Å². The predicted octanol–water partition coefficient (Wildman–Crippen LogP) is 0.843. The summed E-state index contributed by atoms with van der Waals surface area (Å²) in [4.78, 5) is 14.1. The first-order valence-electron chi connectivity index (χ1n) is 6.67. The summed E-state index contributed by atoms with van der Waals surface area (Å²) in [6, 6.07) is 11.7. The van der Waals surface area contributed by atoms with Crippen molar-refractivity contribution in [1.29, 1.82) is 0 Å². The van der Waals surface area contributed by atoms with Crippen molar-refractivity contribution in [3.05, 3.63) is 59.9 Å². The van der Waals surface area contributed by atoms with Crippen LogP contribution in [0, 0.1) is 0 Å². The summed E-state index contributed by atoms with van der Waals surface area (Å²) in [5.41, 5.74) is 0.660. The number of carbonyl (C=O) groups is 1. The van der Waals surface area contributed by atoms with Crippen molar-refractivity contribution in [3.8, 4) is 5.75 Å². The van der Waals surface area contributed by atoms with E-state index in [4.69, 9.17) is 4.74 Å². The first-order valence-corrected chi connectivity index (χ1v) is 8.33. The lowest BCUT2D eigenvalue weighted by Gasteiger charge is -2.07. The molecule has 23 heavy (non-hydrogen) atoms. The second kappa shape index (κ2) is 7.10. The van der Waals surface area contributed by atoms with Crippen molar-refractivity contribution in [3.63, 3.8) is 0 Å². The van der Waals surface area contributed by atoms with Crippen LogP contribution < -0.4 is 14.2 Å². The number of aromatic nitrogens is 1. The molecule has 1 N–H and O–H groups in total. The molecule has 2 aromatic rings. The van der Waals surface area contributed by atoms with Gasteiger partial charge in [0.1, 0.15) is 0 Å². The number of benzene rings is 1. The van der Waals surface area contributed by atoms with E-state index < -0.39 is 16.0 Å². The number of esters is 1. The molecule has 0 radical (unpaired) electrons. The van der Waals surface area contributed by atoms with E-state index in [1.807, 2.05) is 0 Å². The van der Waals surface area contributed by atoms with E-state index in [1.165, 1.54) is 32.5 Å². The van der Waals surface area contributed by atoms with Gasteiger partial charge in [0.15, 0.2) is 5.75 Å². The Hall–Kier alpha value is -2.61. The van der Waals surface area contributed by atoms with E-state index in [9.17, 15) is 13.2 Å². The molecular weight excluding hydrogens is 320 g/mol. The Kier molecular flexibility index (Phi) is 5.17. The van der Waals surface area contributed by atoms with E-state index in [2.05, 4.69) is 9.57 Å². The first kappa shape index (κ1) is 16.8. The largest absolute Gasteiger partial charge is 0.491 e. The van der Waals surface area contributed by atoms with E-state index in [-0.39, 0.29) is 11.4 Å². The summed E-state index contributed by atoms with van der Waals surface area (Å²) < 4.78 is 35.4. The van der Waals surface area contributed by atoms with Crippen molar-refractivity contribution >= 4 is 16.0 Å². The molecule has 0 aliphatic heterocycles. The van der Waals surface area contributed by atoms with Gasteiger partial charge in [0.05, 0.1) is 20.0 Å². The maximum absolute atomic E-state index is 12.3. The van der Waals surface area contributed by atoms with E-state index in [1.54, 1.807) is 30.3 Å². The highest BCUT2D eigenvalue weighted by Gasteiger charge is 2.26. The van der Waals surface area contributed by atoms with Crippen LogP contribution in [0.4, 0.5) is 0 Å². The molecule has 0 saturated carbocycles. The first-order chi connectivity index (χ1) is 10.9. The van der Waals surface area contributed by atoms with Crippen LogP contribution in [-0.2, 0) is 20.5 Å². The summed E-state index contributed by atoms with van der Waals surface area (Å²) in [6.07, 6.45) is 1.36. The average molecular weight is 337 g/mol. The molecule has 0 aliphatic carbocycles. The number of methoxy groups -OCH3 is 2. The molecule has 0 aliphatic rings. The van der Waals surface area contributed by atoms with Crippen LogP contribution in [0.2, 0.25) is 0 Å². The van der Waals surface area contributed by atoms with Gasteiger partial charge < -0.3 is 9.47 Å². The van der Waals surface area contributed by atoms with Gasteiger partial charge in [-0.2, -0.15) is 0 Å². The number of hydrogen-bond acceptors (Lipinski definition) is 5. The number of ether oxygens (including phenoxy) is 2. The molecule has 0 atom stereocenters. The summed E-state index contributed by atoms with van der Waals surface area (Å²) in [7, 11) is -1.07. The number of rotatable bonds is 6. The number of pyridine rings is 1. The number of hydrogen-bond donors (Lipinski definition) is 1. The zero-order chi connectivity index (χ0) is 16.9. The Morgan fingerprint density at radius 2 is 1.83 bits per heavy atom. The molecule has 0 spiro atoms. The Morgan fingerprint density at radius 1 is 1.13 bits per heavy atom. The predicted molar refractivity (Wildman–Crippen MR) is 83.0 cm³/mol. The SMILES string of the molecule is COC(=O)c1ccc(OC)c[n+]1NS(=O)(=O)Cc1ccccc1. The van der Waals surface area contributed by atoms with Gasteiger partial charge in [-0.05, 0) is 11.6 Å². The number of nitrogens with zero attached hydrogens (tertiary/aromatic N) is 1. The zero-order valence-corrected chi connectivity index (χ0v) is 13.5. The lowest BCUT2D eigenvalue weighted by Crippen LogP contribution is -2.52. The molecule has 0 fully saturated rings. The quantitative estimate of drug-likeness (QED) is 0.624. The normalized spacial score (nSPS) is 10.9. The highest BCUT2D eigenvalue weighted by molar-refractivity contribution is 7.91. The van der Waals surface area contributed by atoms with Gasteiger partial charge in [0, 0.05) is 6.07 Å². The molecule has 1 aromatic carbocycles. The molecular formula is C15H17N2O5S+. The fourth-order valence-corrected chi connectivity index (χ4v) is 3.07. The molecule has 1 aromatic heterocycles. The maximum Gasteiger partial charge on any atom is 0.406 e. The van der Waals surface area contributed by atoms with Gasteiger partial charge in [0.25, 0.3) is 10.0 Å². The maximum atomic E-state index is 12.3. The minimum atomic E-state index is -3.73. The highest BCUT2D eigenvalue weighted by atomic mass is 32.2. The van der Waals surface area contributed by atoms with Gasteiger partial charge in [-0.1, -0.05) is 39.8 Å². The Morgan fingerprint density at radius 3 is 2.43 bits per heavy atom. The third kappa shape index (κ3) is 4.43.